The Kier molecular flexibility index (Phi) is 6.23. The predicted molar refractivity (Wildman–Crippen MR) is 121 cm³/mol. The first-order valence-electron chi connectivity index (χ1n) is 12.1. The van der Waals surface area contributed by atoms with Crippen LogP contribution >= 0.6 is 0 Å². The molecule has 5 unspecified atom stereocenters. The summed E-state index contributed by atoms with van der Waals surface area (Å²) in [7, 11) is 0. The molecule has 0 aromatic rings. The maximum atomic E-state index is 12.0. The maximum Gasteiger partial charge on any atom is 0.246 e. The Hall–Kier alpha value is -1.43. The summed E-state index contributed by atoms with van der Waals surface area (Å²) in [6.07, 6.45) is 10.9. The van der Waals surface area contributed by atoms with Crippen molar-refractivity contribution in [3.05, 3.63) is 34.9 Å². The number of carbonyl (C=O) groups excluding carboxylic acids is 1. The van der Waals surface area contributed by atoms with E-state index in [1.54, 1.807) is 0 Å². The normalized spacial score (nSPS) is 40.0. The third-order valence-corrected chi connectivity index (χ3v) is 8.77. The van der Waals surface area contributed by atoms with Gasteiger partial charge in [0.25, 0.3) is 0 Å². The van der Waals surface area contributed by atoms with Crippen LogP contribution in [0.4, 0.5) is 0 Å². The number of fused-ring (bicyclic) bond motifs is 5. The van der Waals surface area contributed by atoms with E-state index in [0.717, 1.165) is 25.7 Å². The predicted octanol–water partition coefficient (Wildman–Crippen LogP) is 3.67. The van der Waals surface area contributed by atoms with E-state index in [1.807, 2.05) is 6.92 Å². The fraction of sp³-hybridized carbons (Fsp3) is 0.731. The van der Waals surface area contributed by atoms with Crippen LogP contribution in [0.2, 0.25) is 0 Å². The average Bonchev–Trinajstić information content (AvgIpc) is 3.09. The van der Waals surface area contributed by atoms with E-state index in [2.05, 4.69) is 44.3 Å². The van der Waals surface area contributed by atoms with Gasteiger partial charge in [-0.1, -0.05) is 50.1 Å². The Morgan fingerprint density at radius 1 is 1.29 bits per heavy atom. The summed E-state index contributed by atoms with van der Waals surface area (Å²) >= 11 is 0. The van der Waals surface area contributed by atoms with Gasteiger partial charge in [0.15, 0.2) is 0 Å². The van der Waals surface area contributed by atoms with Crippen molar-refractivity contribution in [1.82, 2.24) is 5.32 Å². The van der Waals surface area contributed by atoms with Gasteiger partial charge >= 0.3 is 0 Å². The van der Waals surface area contributed by atoms with Crippen LogP contribution < -0.4 is 5.32 Å². The van der Waals surface area contributed by atoms with E-state index >= 15 is 0 Å². The second kappa shape index (κ2) is 8.49. The molecule has 0 radical (unpaired) electrons. The van der Waals surface area contributed by atoms with Crippen LogP contribution in [0.15, 0.2) is 34.9 Å². The first-order valence-corrected chi connectivity index (χ1v) is 12.1. The van der Waals surface area contributed by atoms with Crippen molar-refractivity contribution in [3.63, 3.8) is 0 Å². The van der Waals surface area contributed by atoms with Crippen molar-refractivity contribution in [2.24, 2.45) is 22.7 Å². The standard InChI is InChI=1S/C26H39NO4/c1-5-12-27-24(30)15-31-16(2)20-8-9-21-19-7-6-17-13-18(28)14-23(29)26(17,4)22(19)10-11-25(20,21)3/h6-8,16,18,21-23,28-29H,5,9-15H2,1-4H3,(H,27,30)/t16-,18?,21?,22?,23-,25?,26?/m0/s1. The van der Waals surface area contributed by atoms with E-state index < -0.39 is 12.2 Å². The van der Waals surface area contributed by atoms with Crippen LogP contribution in [0.25, 0.3) is 0 Å². The quantitative estimate of drug-likeness (QED) is 0.563. The zero-order valence-corrected chi connectivity index (χ0v) is 19.5. The lowest BCUT2D eigenvalue weighted by molar-refractivity contribution is -0.127. The average molecular weight is 430 g/mol. The Balaban J connectivity index is 1.51. The van der Waals surface area contributed by atoms with Gasteiger partial charge in [-0.25, -0.2) is 0 Å². The molecule has 1 amide bonds. The zero-order chi connectivity index (χ0) is 22.4. The fourth-order valence-electron chi connectivity index (χ4n) is 6.90. The Labute approximate surface area is 186 Å². The molecular formula is C26H39NO4. The number of aliphatic hydroxyl groups excluding tert-OH is 2. The summed E-state index contributed by atoms with van der Waals surface area (Å²) in [5, 5.41) is 24.1. The first-order chi connectivity index (χ1) is 14.7. The van der Waals surface area contributed by atoms with E-state index in [9.17, 15) is 15.0 Å². The molecule has 0 saturated heterocycles. The smallest absolute Gasteiger partial charge is 0.246 e. The lowest BCUT2D eigenvalue weighted by atomic mass is 9.49. The monoisotopic (exact) mass is 429 g/mol. The number of hydrogen-bond acceptors (Lipinski definition) is 4. The van der Waals surface area contributed by atoms with Crippen molar-refractivity contribution in [2.75, 3.05) is 13.2 Å². The van der Waals surface area contributed by atoms with Gasteiger partial charge in [0.05, 0.1) is 18.3 Å². The minimum absolute atomic E-state index is 0.0302. The van der Waals surface area contributed by atoms with E-state index in [4.69, 9.17) is 4.74 Å². The zero-order valence-electron chi connectivity index (χ0n) is 19.5. The number of rotatable bonds is 6. The molecule has 4 aliphatic rings. The van der Waals surface area contributed by atoms with Gasteiger partial charge in [0.2, 0.25) is 5.91 Å². The highest BCUT2D eigenvalue weighted by Gasteiger charge is 2.57. The second-order valence-electron chi connectivity index (χ2n) is 10.5. The van der Waals surface area contributed by atoms with Crippen LogP contribution in [-0.2, 0) is 9.53 Å². The fourth-order valence-corrected chi connectivity index (χ4v) is 6.90. The van der Waals surface area contributed by atoms with Crippen LogP contribution in [0.1, 0.15) is 66.2 Å². The van der Waals surface area contributed by atoms with Crippen LogP contribution in [0.3, 0.4) is 0 Å². The maximum absolute atomic E-state index is 12.0. The molecule has 0 bridgehead atoms. The molecule has 5 nitrogen and oxygen atoms in total. The molecule has 2 fully saturated rings. The summed E-state index contributed by atoms with van der Waals surface area (Å²) in [5.41, 5.74) is 3.74. The highest BCUT2D eigenvalue weighted by Crippen LogP contribution is 2.64. The van der Waals surface area contributed by atoms with Crippen molar-refractivity contribution >= 4 is 5.91 Å². The van der Waals surface area contributed by atoms with Gasteiger partial charge in [-0.05, 0) is 61.9 Å². The molecule has 31 heavy (non-hydrogen) atoms. The second-order valence-corrected chi connectivity index (χ2v) is 10.5. The number of amides is 1. The van der Waals surface area contributed by atoms with Gasteiger partial charge in [-0.3, -0.25) is 4.79 Å². The minimum Gasteiger partial charge on any atom is -0.393 e. The molecule has 0 aromatic heterocycles. The third-order valence-electron chi connectivity index (χ3n) is 8.77. The Bertz CT molecular complexity index is 814. The third kappa shape index (κ3) is 3.73. The van der Waals surface area contributed by atoms with E-state index in [-0.39, 0.29) is 29.4 Å². The molecule has 0 heterocycles. The minimum atomic E-state index is -0.502. The molecule has 5 heteroatoms. The molecular weight excluding hydrogens is 390 g/mol. The van der Waals surface area contributed by atoms with Crippen molar-refractivity contribution in [2.45, 2.75) is 84.5 Å². The number of ether oxygens (including phenoxy) is 1. The number of allylic oxidation sites excluding steroid dienone is 4. The van der Waals surface area contributed by atoms with Gasteiger partial charge in [0.1, 0.15) is 6.61 Å². The van der Waals surface area contributed by atoms with Gasteiger partial charge in [-0.15, -0.1) is 0 Å². The summed E-state index contributed by atoms with van der Waals surface area (Å²) in [6, 6.07) is 0. The van der Waals surface area contributed by atoms with Gasteiger partial charge < -0.3 is 20.3 Å². The molecule has 0 aliphatic heterocycles. The summed E-state index contributed by atoms with van der Waals surface area (Å²) in [6.45, 7) is 9.46. The molecule has 2 saturated carbocycles. The van der Waals surface area contributed by atoms with Crippen LogP contribution in [-0.4, -0.2) is 47.6 Å². The summed E-state index contributed by atoms with van der Waals surface area (Å²) in [4.78, 5) is 12.0. The number of carbonyl (C=O) groups is 1. The number of hydrogen-bond donors (Lipinski definition) is 3. The van der Waals surface area contributed by atoms with Gasteiger partial charge in [-0.2, -0.15) is 0 Å². The molecule has 7 atom stereocenters. The Morgan fingerprint density at radius 3 is 2.81 bits per heavy atom. The van der Waals surface area contributed by atoms with E-state index in [1.165, 1.54) is 16.7 Å². The Morgan fingerprint density at radius 2 is 2.06 bits per heavy atom. The van der Waals surface area contributed by atoms with Crippen molar-refractivity contribution in [1.29, 1.82) is 0 Å². The lowest BCUT2D eigenvalue weighted by Crippen LogP contribution is -2.52. The van der Waals surface area contributed by atoms with Crippen molar-refractivity contribution in [3.8, 4) is 0 Å². The highest BCUT2D eigenvalue weighted by atomic mass is 16.5. The summed E-state index contributed by atoms with van der Waals surface area (Å²) < 4.78 is 5.99. The van der Waals surface area contributed by atoms with Crippen LogP contribution in [0.5, 0.6) is 0 Å². The molecule has 4 aliphatic carbocycles. The SMILES string of the molecule is CCCNC(=O)CO[C@@H](C)C1=CCC2C3=CC=C4CC(O)C[C@H](O)C4(C)C3CCC12C. The topological polar surface area (TPSA) is 78.8 Å². The number of aliphatic hydroxyl groups is 2. The van der Waals surface area contributed by atoms with Crippen molar-refractivity contribution < 1.29 is 19.7 Å². The molecule has 4 rings (SSSR count). The number of nitrogens with one attached hydrogen (secondary N) is 1. The largest absolute Gasteiger partial charge is 0.393 e. The summed E-state index contributed by atoms with van der Waals surface area (Å²) in [5.74, 6) is 0.693. The van der Waals surface area contributed by atoms with Gasteiger partial charge in [0, 0.05) is 18.4 Å². The molecule has 3 N–H and O–H groups in total. The molecule has 172 valence electrons. The molecule has 0 aromatic carbocycles. The molecule has 0 spiro atoms. The van der Waals surface area contributed by atoms with E-state index in [0.29, 0.717) is 31.2 Å². The first kappa shape index (κ1) is 22.8. The highest BCUT2D eigenvalue weighted by molar-refractivity contribution is 5.77. The lowest BCUT2D eigenvalue weighted by Gasteiger charge is -2.56. The van der Waals surface area contributed by atoms with Crippen LogP contribution in [0, 0.1) is 22.7 Å².